The van der Waals surface area contributed by atoms with Gasteiger partial charge in [-0.3, -0.25) is 9.20 Å². The van der Waals surface area contributed by atoms with E-state index in [1.807, 2.05) is 28.8 Å². The van der Waals surface area contributed by atoms with E-state index in [1.54, 1.807) is 0 Å². The Labute approximate surface area is 163 Å². The first-order valence-electron chi connectivity index (χ1n) is 9.07. The van der Waals surface area contributed by atoms with Gasteiger partial charge >= 0.3 is 0 Å². The zero-order chi connectivity index (χ0) is 19.0. The molecule has 27 heavy (non-hydrogen) atoms. The molecule has 0 radical (unpaired) electrons. The molecular formula is C21H22N4OS. The molecule has 0 saturated heterocycles. The summed E-state index contributed by atoms with van der Waals surface area (Å²) in [5, 5.41) is 9.07. The van der Waals surface area contributed by atoms with Crippen LogP contribution in [0.25, 0.3) is 5.65 Å². The number of ketones is 1. The van der Waals surface area contributed by atoms with Crippen LogP contribution in [-0.2, 0) is 4.79 Å². The van der Waals surface area contributed by atoms with Crippen LogP contribution in [0.2, 0.25) is 0 Å². The molecule has 0 spiro atoms. The van der Waals surface area contributed by atoms with Gasteiger partial charge in [-0.25, -0.2) is 0 Å². The average Bonchev–Trinajstić information content (AvgIpc) is 3.21. The zero-order valence-electron chi connectivity index (χ0n) is 15.7. The molecule has 138 valence electrons. The van der Waals surface area contributed by atoms with Gasteiger partial charge in [-0.05, 0) is 45.0 Å². The molecule has 5 nitrogen and oxygen atoms in total. The van der Waals surface area contributed by atoms with Crippen molar-refractivity contribution in [2.24, 2.45) is 0 Å². The molecule has 0 N–H and O–H groups in total. The first-order chi connectivity index (χ1) is 13.0. The molecule has 6 heteroatoms. The van der Waals surface area contributed by atoms with E-state index in [1.165, 1.54) is 17.3 Å². The van der Waals surface area contributed by atoms with Crippen molar-refractivity contribution in [2.45, 2.75) is 38.0 Å². The van der Waals surface area contributed by atoms with Gasteiger partial charge in [0.05, 0.1) is 11.8 Å². The van der Waals surface area contributed by atoms with Crippen LogP contribution < -0.4 is 4.90 Å². The zero-order valence-corrected chi connectivity index (χ0v) is 16.5. The third-order valence-corrected chi connectivity index (χ3v) is 5.94. The number of thioether (sulfide) groups is 1. The minimum Gasteiger partial charge on any atom is -0.358 e. The lowest BCUT2D eigenvalue weighted by Crippen LogP contribution is -2.36. The normalized spacial score (nSPS) is 19.5. The predicted molar refractivity (Wildman–Crippen MR) is 109 cm³/mol. The monoisotopic (exact) mass is 378 g/mol. The molecule has 3 heterocycles. The lowest BCUT2D eigenvalue weighted by Gasteiger charge is -2.30. The van der Waals surface area contributed by atoms with E-state index in [-0.39, 0.29) is 17.9 Å². The molecule has 0 saturated carbocycles. The van der Waals surface area contributed by atoms with Crippen molar-refractivity contribution in [3.8, 4) is 0 Å². The molecule has 2 unspecified atom stereocenters. The van der Waals surface area contributed by atoms with Crippen LogP contribution >= 0.6 is 11.8 Å². The van der Waals surface area contributed by atoms with E-state index in [2.05, 4.69) is 66.2 Å². The predicted octanol–water partition coefficient (Wildman–Crippen LogP) is 3.92. The summed E-state index contributed by atoms with van der Waals surface area (Å²) in [6.45, 7) is 6.32. The Hall–Kier alpha value is -2.60. The maximum Gasteiger partial charge on any atom is 0.196 e. The number of hydrogen-bond acceptors (Lipinski definition) is 5. The van der Waals surface area contributed by atoms with E-state index in [0.29, 0.717) is 5.75 Å². The second-order valence-corrected chi connectivity index (χ2v) is 7.85. The number of anilines is 1. The number of hydrogen-bond donors (Lipinski definition) is 0. The second-order valence-electron chi connectivity index (χ2n) is 6.90. The standard InChI is InChI=1S/C21H22N4OS/c1-14-7-9-17(10-8-14)25-15(2)12-18(16(25)3)19(26)13-27-21-23-22-20-6-4-5-11-24(20)21/h4-12,15-16H,13H2,1-3H3. The molecule has 1 aromatic carbocycles. The Morgan fingerprint density at radius 2 is 1.89 bits per heavy atom. The van der Waals surface area contributed by atoms with Crippen LogP contribution in [0.4, 0.5) is 5.69 Å². The van der Waals surface area contributed by atoms with Gasteiger partial charge < -0.3 is 4.90 Å². The lowest BCUT2D eigenvalue weighted by atomic mass is 10.1. The third kappa shape index (κ3) is 3.37. The number of aryl methyl sites for hydroxylation is 1. The van der Waals surface area contributed by atoms with E-state index in [4.69, 9.17) is 0 Å². The molecule has 0 aliphatic carbocycles. The maximum absolute atomic E-state index is 12.9. The van der Waals surface area contributed by atoms with Crippen molar-refractivity contribution < 1.29 is 4.79 Å². The van der Waals surface area contributed by atoms with Crippen molar-refractivity contribution in [1.82, 2.24) is 14.6 Å². The van der Waals surface area contributed by atoms with E-state index in [9.17, 15) is 4.79 Å². The lowest BCUT2D eigenvalue weighted by molar-refractivity contribution is -0.113. The molecule has 1 aliphatic rings. The fraction of sp³-hybridized carbons (Fsp3) is 0.286. The number of fused-ring (bicyclic) bond motifs is 1. The van der Waals surface area contributed by atoms with Crippen LogP contribution in [0.3, 0.4) is 0 Å². The second kappa shape index (κ2) is 7.19. The van der Waals surface area contributed by atoms with Gasteiger partial charge in [-0.2, -0.15) is 0 Å². The van der Waals surface area contributed by atoms with E-state index in [0.717, 1.165) is 22.1 Å². The topological polar surface area (TPSA) is 50.5 Å². The fourth-order valence-corrected chi connectivity index (χ4v) is 4.43. The van der Waals surface area contributed by atoms with Gasteiger partial charge in [0.2, 0.25) is 0 Å². The minimum absolute atomic E-state index is 0.0611. The maximum atomic E-state index is 12.9. The molecule has 0 fully saturated rings. The summed E-state index contributed by atoms with van der Waals surface area (Å²) in [6, 6.07) is 14.5. The highest BCUT2D eigenvalue weighted by molar-refractivity contribution is 7.99. The number of benzene rings is 1. The molecule has 2 aromatic heterocycles. The van der Waals surface area contributed by atoms with Gasteiger partial charge in [-0.15, -0.1) is 10.2 Å². The Balaban J connectivity index is 1.47. The summed E-state index contributed by atoms with van der Waals surface area (Å²) in [4.78, 5) is 15.2. The number of Topliss-reactive ketones (excluding diaryl/α,β-unsaturated/α-hetero) is 1. The highest BCUT2D eigenvalue weighted by Crippen LogP contribution is 2.31. The van der Waals surface area contributed by atoms with Crippen LogP contribution in [0.5, 0.6) is 0 Å². The first-order valence-corrected chi connectivity index (χ1v) is 10.1. The summed E-state index contributed by atoms with van der Waals surface area (Å²) in [5.41, 5.74) is 4.06. The Morgan fingerprint density at radius 1 is 1.11 bits per heavy atom. The average molecular weight is 379 g/mol. The van der Waals surface area contributed by atoms with Gasteiger partial charge in [0.15, 0.2) is 16.6 Å². The number of rotatable bonds is 5. The highest BCUT2D eigenvalue weighted by atomic mass is 32.2. The third-order valence-electron chi connectivity index (χ3n) is 5.00. The summed E-state index contributed by atoms with van der Waals surface area (Å²) in [6.07, 6.45) is 4.01. The van der Waals surface area contributed by atoms with Gasteiger partial charge in [0.1, 0.15) is 0 Å². The van der Waals surface area contributed by atoms with Crippen LogP contribution in [0.1, 0.15) is 19.4 Å². The summed E-state index contributed by atoms with van der Waals surface area (Å²) >= 11 is 1.43. The Kier molecular flexibility index (Phi) is 4.74. The summed E-state index contributed by atoms with van der Waals surface area (Å²) < 4.78 is 1.91. The SMILES string of the molecule is Cc1ccc(N2C(C)C=C(C(=O)CSc3nnc4ccccn34)C2C)cc1. The number of pyridine rings is 1. The van der Waals surface area contributed by atoms with Crippen LogP contribution in [0, 0.1) is 6.92 Å². The minimum atomic E-state index is 0.0611. The van der Waals surface area contributed by atoms with Crippen molar-refractivity contribution in [1.29, 1.82) is 0 Å². The number of carbonyl (C=O) groups excluding carboxylic acids is 1. The van der Waals surface area contributed by atoms with Gasteiger partial charge in [0, 0.05) is 23.5 Å². The van der Waals surface area contributed by atoms with Crippen LogP contribution in [-0.4, -0.2) is 38.2 Å². The molecular weight excluding hydrogens is 356 g/mol. The van der Waals surface area contributed by atoms with Crippen molar-refractivity contribution in [3.63, 3.8) is 0 Å². The van der Waals surface area contributed by atoms with E-state index < -0.39 is 0 Å². The number of nitrogens with zero attached hydrogens (tertiary/aromatic N) is 4. The summed E-state index contributed by atoms with van der Waals surface area (Å²) in [5.74, 6) is 0.516. The molecule has 2 atom stereocenters. The first kappa shape index (κ1) is 17.8. The van der Waals surface area contributed by atoms with Crippen molar-refractivity contribution >= 4 is 28.9 Å². The van der Waals surface area contributed by atoms with Crippen molar-refractivity contribution in [2.75, 3.05) is 10.7 Å². The molecule has 1 aliphatic heterocycles. The Morgan fingerprint density at radius 3 is 2.67 bits per heavy atom. The largest absolute Gasteiger partial charge is 0.358 e. The number of carbonyl (C=O) groups is 1. The fourth-order valence-electron chi connectivity index (χ4n) is 3.61. The smallest absolute Gasteiger partial charge is 0.196 e. The van der Waals surface area contributed by atoms with Gasteiger partial charge in [-0.1, -0.05) is 41.6 Å². The molecule has 3 aromatic rings. The van der Waals surface area contributed by atoms with E-state index >= 15 is 0 Å². The molecule has 4 rings (SSSR count). The van der Waals surface area contributed by atoms with Gasteiger partial charge in [0.25, 0.3) is 0 Å². The number of aromatic nitrogens is 3. The van der Waals surface area contributed by atoms with Crippen LogP contribution in [0.15, 0.2) is 65.5 Å². The van der Waals surface area contributed by atoms with Crippen molar-refractivity contribution in [3.05, 3.63) is 65.9 Å². The molecule has 0 bridgehead atoms. The Bertz CT molecular complexity index is 1010. The molecule has 0 amide bonds. The quantitative estimate of drug-likeness (QED) is 0.630. The highest BCUT2D eigenvalue weighted by Gasteiger charge is 2.32. The summed E-state index contributed by atoms with van der Waals surface area (Å²) in [7, 11) is 0.